The van der Waals surface area contributed by atoms with E-state index in [1.807, 2.05) is 30.7 Å². The molecule has 1 N–H and O–H groups in total. The van der Waals surface area contributed by atoms with Crippen molar-refractivity contribution in [1.29, 1.82) is 0 Å². The molecule has 1 amide bonds. The van der Waals surface area contributed by atoms with Crippen LogP contribution in [0.1, 0.15) is 46.1 Å². The number of nitrogens with one attached hydrogen (secondary N) is 1. The zero-order chi connectivity index (χ0) is 23.5. The van der Waals surface area contributed by atoms with E-state index in [4.69, 9.17) is 9.47 Å². The first-order valence-electron chi connectivity index (χ1n) is 11.5. The van der Waals surface area contributed by atoms with Crippen molar-refractivity contribution < 1.29 is 14.3 Å². The molecule has 0 atom stereocenters. The van der Waals surface area contributed by atoms with Gasteiger partial charge in [-0.15, -0.1) is 0 Å². The Hall–Kier alpha value is -3.36. The number of amides is 1. The number of likely N-dealkylation sites (tertiary alicyclic amines) is 1. The summed E-state index contributed by atoms with van der Waals surface area (Å²) in [6, 6.07) is 6.56. The number of rotatable bonds is 6. The molecule has 1 fully saturated rings. The molecular formula is C24H32N6O3. The van der Waals surface area contributed by atoms with Gasteiger partial charge in [0, 0.05) is 37.7 Å². The second-order valence-corrected chi connectivity index (χ2v) is 9.01. The van der Waals surface area contributed by atoms with Crippen LogP contribution in [0.3, 0.4) is 0 Å². The summed E-state index contributed by atoms with van der Waals surface area (Å²) in [4.78, 5) is 22.7. The van der Waals surface area contributed by atoms with Crippen LogP contribution in [0, 0.1) is 6.92 Å². The minimum atomic E-state index is -0.265. The van der Waals surface area contributed by atoms with Crippen LogP contribution < -0.4 is 10.1 Å². The standard InChI is InChI=1S/C24H32N6O3/c1-15(2)28-18-6-7-21(17(5)12-18)30-22-20(13-27-30)23(26-14-25-22)33-19-8-10-29(11-9-19)24(31)32-16(3)4/h6-7,12-16,19,28H,8-11H2,1-5H3. The fourth-order valence-electron chi connectivity index (χ4n) is 4.00. The van der Waals surface area contributed by atoms with Crippen molar-refractivity contribution >= 4 is 22.8 Å². The monoisotopic (exact) mass is 452 g/mol. The predicted octanol–water partition coefficient (Wildman–Crippen LogP) is 4.33. The number of hydrogen-bond donors (Lipinski definition) is 1. The van der Waals surface area contributed by atoms with Gasteiger partial charge in [0.2, 0.25) is 5.88 Å². The fraction of sp³-hybridized carbons (Fsp3) is 0.500. The zero-order valence-corrected chi connectivity index (χ0v) is 19.9. The van der Waals surface area contributed by atoms with Crippen molar-refractivity contribution in [1.82, 2.24) is 24.6 Å². The van der Waals surface area contributed by atoms with Gasteiger partial charge in [-0.05, 0) is 58.4 Å². The molecule has 0 saturated carbocycles. The first kappa shape index (κ1) is 22.8. The second kappa shape index (κ2) is 9.64. The number of piperidine rings is 1. The Morgan fingerprint density at radius 2 is 1.91 bits per heavy atom. The number of hydrogen-bond acceptors (Lipinski definition) is 7. The SMILES string of the molecule is Cc1cc(NC(C)C)ccc1-n1ncc2c(OC3CCN(C(=O)OC(C)C)CC3)ncnc21. The lowest BCUT2D eigenvalue weighted by Crippen LogP contribution is -2.42. The third-order valence-electron chi connectivity index (χ3n) is 5.52. The van der Waals surface area contributed by atoms with Gasteiger partial charge in [0.1, 0.15) is 17.8 Å². The number of fused-ring (bicyclic) bond motifs is 1. The molecule has 176 valence electrons. The van der Waals surface area contributed by atoms with Crippen molar-refractivity contribution in [3.63, 3.8) is 0 Å². The number of aromatic nitrogens is 4. The zero-order valence-electron chi connectivity index (χ0n) is 19.9. The molecule has 0 bridgehead atoms. The first-order chi connectivity index (χ1) is 15.8. The highest BCUT2D eigenvalue weighted by Crippen LogP contribution is 2.28. The van der Waals surface area contributed by atoms with E-state index in [0.717, 1.165) is 35.2 Å². The number of carbonyl (C=O) groups is 1. The summed E-state index contributed by atoms with van der Waals surface area (Å²) in [5.41, 5.74) is 3.82. The van der Waals surface area contributed by atoms with Crippen LogP contribution >= 0.6 is 0 Å². The van der Waals surface area contributed by atoms with Gasteiger partial charge in [0.15, 0.2) is 5.65 Å². The van der Waals surface area contributed by atoms with Gasteiger partial charge in [-0.1, -0.05) is 0 Å². The minimum Gasteiger partial charge on any atom is -0.474 e. The van der Waals surface area contributed by atoms with Gasteiger partial charge in [0.25, 0.3) is 0 Å². The van der Waals surface area contributed by atoms with Crippen LogP contribution in [-0.4, -0.2) is 62.1 Å². The average molecular weight is 453 g/mol. The quantitative estimate of drug-likeness (QED) is 0.595. The van der Waals surface area contributed by atoms with Crippen LogP contribution in [0.2, 0.25) is 0 Å². The van der Waals surface area contributed by atoms with Crippen LogP contribution in [0.5, 0.6) is 5.88 Å². The largest absolute Gasteiger partial charge is 0.474 e. The lowest BCUT2D eigenvalue weighted by molar-refractivity contribution is 0.0511. The number of nitrogens with zero attached hydrogens (tertiary/aromatic N) is 5. The van der Waals surface area contributed by atoms with Gasteiger partial charge in [-0.3, -0.25) is 0 Å². The molecule has 1 aliphatic rings. The summed E-state index contributed by atoms with van der Waals surface area (Å²) in [6.07, 6.45) is 4.28. The summed E-state index contributed by atoms with van der Waals surface area (Å²) in [6.45, 7) is 11.2. The third kappa shape index (κ3) is 5.18. The van der Waals surface area contributed by atoms with Gasteiger partial charge in [0.05, 0.1) is 18.0 Å². The summed E-state index contributed by atoms with van der Waals surface area (Å²) in [7, 11) is 0. The molecule has 3 aromatic rings. The Balaban J connectivity index is 1.49. The molecule has 0 spiro atoms. The van der Waals surface area contributed by atoms with E-state index < -0.39 is 0 Å². The van der Waals surface area contributed by atoms with Gasteiger partial charge < -0.3 is 19.7 Å². The van der Waals surface area contributed by atoms with Crippen molar-refractivity contribution in [2.75, 3.05) is 18.4 Å². The average Bonchev–Trinajstić information content (AvgIpc) is 3.18. The van der Waals surface area contributed by atoms with E-state index in [9.17, 15) is 4.79 Å². The Kier molecular flexibility index (Phi) is 6.67. The highest BCUT2D eigenvalue weighted by Gasteiger charge is 2.26. The first-order valence-corrected chi connectivity index (χ1v) is 11.5. The Labute approximate surface area is 194 Å². The third-order valence-corrected chi connectivity index (χ3v) is 5.52. The molecule has 1 saturated heterocycles. The molecule has 4 rings (SSSR count). The number of ether oxygens (including phenoxy) is 2. The van der Waals surface area contributed by atoms with Crippen molar-refractivity contribution in [2.24, 2.45) is 0 Å². The summed E-state index contributed by atoms with van der Waals surface area (Å²) < 4.78 is 13.3. The van der Waals surface area contributed by atoms with Gasteiger partial charge in [-0.25, -0.2) is 19.4 Å². The maximum absolute atomic E-state index is 12.1. The van der Waals surface area contributed by atoms with E-state index in [0.29, 0.717) is 30.7 Å². The van der Waals surface area contributed by atoms with Crippen LogP contribution in [0.15, 0.2) is 30.7 Å². The summed E-state index contributed by atoms with van der Waals surface area (Å²) in [5.74, 6) is 0.519. The van der Waals surface area contributed by atoms with E-state index >= 15 is 0 Å². The normalized spacial score (nSPS) is 14.8. The Bertz CT molecular complexity index is 1120. The molecule has 2 aromatic heterocycles. The van der Waals surface area contributed by atoms with E-state index in [-0.39, 0.29) is 18.3 Å². The highest BCUT2D eigenvalue weighted by atomic mass is 16.6. The van der Waals surface area contributed by atoms with Crippen LogP contribution in [-0.2, 0) is 4.74 Å². The van der Waals surface area contributed by atoms with Gasteiger partial charge in [-0.2, -0.15) is 5.10 Å². The molecule has 0 unspecified atom stereocenters. The smallest absolute Gasteiger partial charge is 0.410 e. The van der Waals surface area contributed by atoms with Crippen LogP contribution in [0.4, 0.5) is 10.5 Å². The van der Waals surface area contributed by atoms with E-state index in [1.165, 1.54) is 6.33 Å². The summed E-state index contributed by atoms with van der Waals surface area (Å²) >= 11 is 0. The number of carbonyl (C=O) groups excluding carboxylic acids is 1. The lowest BCUT2D eigenvalue weighted by Gasteiger charge is -2.31. The van der Waals surface area contributed by atoms with Crippen molar-refractivity contribution in [3.05, 3.63) is 36.3 Å². The molecule has 0 aliphatic carbocycles. The molecule has 9 nitrogen and oxygen atoms in total. The molecule has 33 heavy (non-hydrogen) atoms. The predicted molar refractivity (Wildman–Crippen MR) is 127 cm³/mol. The topological polar surface area (TPSA) is 94.4 Å². The highest BCUT2D eigenvalue weighted by molar-refractivity contribution is 5.81. The molecule has 9 heteroatoms. The van der Waals surface area contributed by atoms with Crippen molar-refractivity contribution in [2.45, 2.75) is 65.7 Å². The van der Waals surface area contributed by atoms with Gasteiger partial charge >= 0.3 is 6.09 Å². The van der Waals surface area contributed by atoms with Crippen molar-refractivity contribution in [3.8, 4) is 11.6 Å². The molecular weight excluding hydrogens is 420 g/mol. The Morgan fingerprint density at radius 3 is 2.58 bits per heavy atom. The Morgan fingerprint density at radius 1 is 1.15 bits per heavy atom. The number of anilines is 1. The minimum absolute atomic E-state index is 0.0299. The maximum Gasteiger partial charge on any atom is 0.410 e. The molecule has 1 aliphatic heterocycles. The van der Waals surface area contributed by atoms with E-state index in [2.05, 4.69) is 47.2 Å². The summed E-state index contributed by atoms with van der Waals surface area (Å²) in [5, 5.41) is 8.77. The van der Waals surface area contributed by atoms with Crippen LogP contribution in [0.25, 0.3) is 16.7 Å². The fourth-order valence-corrected chi connectivity index (χ4v) is 4.00. The second-order valence-electron chi connectivity index (χ2n) is 9.01. The lowest BCUT2D eigenvalue weighted by atomic mass is 10.1. The molecule has 1 aromatic carbocycles. The van der Waals surface area contributed by atoms with E-state index in [1.54, 1.807) is 11.1 Å². The molecule has 0 radical (unpaired) electrons. The number of aryl methyl sites for hydroxylation is 1. The molecule has 3 heterocycles. The number of benzene rings is 1. The maximum atomic E-state index is 12.1.